The SMILES string of the molecule is CCCCc1cc(O)c([C@@H]2C=C(C)CCC2)c(N=O)c1. The molecule has 3 heteroatoms. The maximum absolute atomic E-state index is 11.1. The third-order valence-electron chi connectivity index (χ3n) is 4.06. The number of hydrogen-bond acceptors (Lipinski definition) is 3. The standard InChI is InChI=1S/C17H23NO2/c1-3-4-7-13-10-15(18-20)17(16(19)11-13)14-8-5-6-12(2)9-14/h9-11,14,19H,3-8H2,1-2H3/t14-/m0/s1. The predicted molar refractivity (Wildman–Crippen MR) is 82.5 cm³/mol. The van der Waals surface area contributed by atoms with Gasteiger partial charge in [0.2, 0.25) is 0 Å². The molecule has 0 saturated heterocycles. The molecule has 0 spiro atoms. The van der Waals surface area contributed by atoms with Crippen molar-refractivity contribution in [1.29, 1.82) is 0 Å². The molecular formula is C17H23NO2. The molecule has 1 N–H and O–H groups in total. The van der Waals surface area contributed by atoms with Crippen LogP contribution in [-0.2, 0) is 6.42 Å². The summed E-state index contributed by atoms with van der Waals surface area (Å²) in [4.78, 5) is 11.1. The lowest BCUT2D eigenvalue weighted by molar-refractivity contribution is 0.460. The Morgan fingerprint density at radius 3 is 2.85 bits per heavy atom. The van der Waals surface area contributed by atoms with Crippen LogP contribution in [0.4, 0.5) is 5.69 Å². The first-order chi connectivity index (χ1) is 9.65. The quantitative estimate of drug-likeness (QED) is 0.581. The molecule has 0 unspecified atom stereocenters. The van der Waals surface area contributed by atoms with Crippen LogP contribution in [0.1, 0.15) is 63.0 Å². The fraction of sp³-hybridized carbons (Fsp3) is 0.529. The summed E-state index contributed by atoms with van der Waals surface area (Å²) in [5, 5.41) is 13.5. The van der Waals surface area contributed by atoms with Crippen LogP contribution in [-0.4, -0.2) is 5.11 Å². The van der Waals surface area contributed by atoms with Crippen molar-refractivity contribution in [3.05, 3.63) is 39.8 Å². The Morgan fingerprint density at radius 2 is 2.20 bits per heavy atom. The van der Waals surface area contributed by atoms with Crippen LogP contribution >= 0.6 is 0 Å². The lowest BCUT2D eigenvalue weighted by Crippen LogP contribution is -2.03. The van der Waals surface area contributed by atoms with Crippen molar-refractivity contribution in [1.82, 2.24) is 0 Å². The summed E-state index contributed by atoms with van der Waals surface area (Å²) in [6, 6.07) is 3.65. The lowest BCUT2D eigenvalue weighted by Gasteiger charge is -2.22. The highest BCUT2D eigenvalue weighted by molar-refractivity contribution is 5.58. The molecule has 1 aliphatic carbocycles. The van der Waals surface area contributed by atoms with Gasteiger partial charge in [0.15, 0.2) is 0 Å². The largest absolute Gasteiger partial charge is 0.508 e. The van der Waals surface area contributed by atoms with E-state index in [2.05, 4.69) is 25.1 Å². The number of hydrogen-bond donors (Lipinski definition) is 1. The molecule has 2 rings (SSSR count). The average Bonchev–Trinajstić information content (AvgIpc) is 2.44. The molecule has 3 nitrogen and oxygen atoms in total. The van der Waals surface area contributed by atoms with Crippen LogP contribution in [0, 0.1) is 4.91 Å². The van der Waals surface area contributed by atoms with E-state index in [1.165, 1.54) is 5.57 Å². The van der Waals surface area contributed by atoms with Crippen molar-refractivity contribution >= 4 is 5.69 Å². The number of benzene rings is 1. The molecule has 0 fully saturated rings. The predicted octanol–water partition coefficient (Wildman–Crippen LogP) is 5.35. The molecule has 1 aromatic carbocycles. The van der Waals surface area contributed by atoms with Gasteiger partial charge in [0.1, 0.15) is 11.4 Å². The molecular weight excluding hydrogens is 250 g/mol. The van der Waals surface area contributed by atoms with Crippen LogP contribution in [0.2, 0.25) is 0 Å². The van der Waals surface area contributed by atoms with E-state index in [1.807, 2.05) is 6.07 Å². The van der Waals surface area contributed by atoms with Gasteiger partial charge in [-0.3, -0.25) is 0 Å². The third kappa shape index (κ3) is 3.27. The number of rotatable bonds is 5. The molecule has 0 radical (unpaired) electrons. The van der Waals surface area contributed by atoms with E-state index in [0.29, 0.717) is 11.3 Å². The Labute approximate surface area is 120 Å². The zero-order valence-electron chi connectivity index (χ0n) is 12.4. The molecule has 0 amide bonds. The summed E-state index contributed by atoms with van der Waals surface area (Å²) in [6.45, 7) is 4.23. The Bertz CT molecular complexity index is 520. The molecule has 108 valence electrons. The van der Waals surface area contributed by atoms with Crippen molar-refractivity contribution in [3.8, 4) is 5.75 Å². The van der Waals surface area contributed by atoms with E-state index in [-0.39, 0.29) is 11.7 Å². The number of phenols is 1. The van der Waals surface area contributed by atoms with Gasteiger partial charge < -0.3 is 5.11 Å². The van der Waals surface area contributed by atoms with Gasteiger partial charge in [-0.2, -0.15) is 0 Å². The normalized spacial score (nSPS) is 18.7. The smallest absolute Gasteiger partial charge is 0.121 e. The Hall–Kier alpha value is -1.64. The van der Waals surface area contributed by atoms with Gasteiger partial charge in [-0.05, 0) is 61.9 Å². The zero-order chi connectivity index (χ0) is 14.5. The molecule has 0 saturated carbocycles. The van der Waals surface area contributed by atoms with E-state index in [1.54, 1.807) is 6.07 Å². The summed E-state index contributed by atoms with van der Waals surface area (Å²) < 4.78 is 0. The second-order valence-corrected chi connectivity index (χ2v) is 5.75. The van der Waals surface area contributed by atoms with Gasteiger partial charge in [-0.1, -0.05) is 25.0 Å². The Kier molecular flexibility index (Phi) is 4.94. The van der Waals surface area contributed by atoms with Crippen LogP contribution in [0.3, 0.4) is 0 Å². The fourth-order valence-corrected chi connectivity index (χ4v) is 3.00. The highest BCUT2D eigenvalue weighted by Gasteiger charge is 2.21. The number of phenolic OH excluding ortho intramolecular Hbond substituents is 1. The topological polar surface area (TPSA) is 49.7 Å². The molecule has 0 bridgehead atoms. The van der Waals surface area contributed by atoms with E-state index < -0.39 is 0 Å². The Balaban J connectivity index is 2.37. The van der Waals surface area contributed by atoms with Gasteiger partial charge in [0.25, 0.3) is 0 Å². The number of unbranched alkanes of at least 4 members (excludes halogenated alkanes) is 1. The van der Waals surface area contributed by atoms with Crippen molar-refractivity contribution in [2.45, 2.75) is 58.3 Å². The molecule has 0 heterocycles. The van der Waals surface area contributed by atoms with Gasteiger partial charge in [0.05, 0.1) is 0 Å². The van der Waals surface area contributed by atoms with Crippen LogP contribution in [0.15, 0.2) is 29.0 Å². The second kappa shape index (κ2) is 6.69. The minimum atomic E-state index is 0.122. The zero-order valence-corrected chi connectivity index (χ0v) is 12.4. The van der Waals surface area contributed by atoms with Gasteiger partial charge in [-0.15, -0.1) is 4.91 Å². The first kappa shape index (κ1) is 14.8. The Morgan fingerprint density at radius 1 is 1.40 bits per heavy atom. The molecule has 0 aliphatic heterocycles. The average molecular weight is 273 g/mol. The highest BCUT2D eigenvalue weighted by atomic mass is 16.3. The van der Waals surface area contributed by atoms with E-state index in [0.717, 1.165) is 44.1 Å². The number of nitrogens with zero attached hydrogens (tertiary/aromatic N) is 1. The van der Waals surface area contributed by atoms with Crippen molar-refractivity contribution in [2.75, 3.05) is 0 Å². The van der Waals surface area contributed by atoms with Crippen LogP contribution in [0.5, 0.6) is 5.75 Å². The van der Waals surface area contributed by atoms with E-state index in [9.17, 15) is 10.0 Å². The molecule has 1 aliphatic rings. The molecule has 1 aromatic rings. The minimum Gasteiger partial charge on any atom is -0.508 e. The maximum atomic E-state index is 11.1. The highest BCUT2D eigenvalue weighted by Crippen LogP contribution is 2.42. The first-order valence-electron chi connectivity index (χ1n) is 7.52. The minimum absolute atomic E-state index is 0.122. The van der Waals surface area contributed by atoms with Crippen LogP contribution in [0.25, 0.3) is 0 Å². The maximum Gasteiger partial charge on any atom is 0.121 e. The monoisotopic (exact) mass is 273 g/mol. The van der Waals surface area contributed by atoms with Crippen molar-refractivity contribution in [2.24, 2.45) is 5.18 Å². The number of nitroso groups, excluding NO2 is 1. The third-order valence-corrected chi connectivity index (χ3v) is 4.06. The number of aromatic hydroxyl groups is 1. The summed E-state index contributed by atoms with van der Waals surface area (Å²) in [5.74, 6) is 0.348. The second-order valence-electron chi connectivity index (χ2n) is 5.75. The number of allylic oxidation sites excluding steroid dienone is 2. The fourth-order valence-electron chi connectivity index (χ4n) is 3.00. The summed E-state index contributed by atoms with van der Waals surface area (Å²) >= 11 is 0. The van der Waals surface area contributed by atoms with Gasteiger partial charge in [0, 0.05) is 11.5 Å². The first-order valence-corrected chi connectivity index (χ1v) is 7.52. The van der Waals surface area contributed by atoms with Crippen LogP contribution < -0.4 is 0 Å². The van der Waals surface area contributed by atoms with Crippen molar-refractivity contribution < 1.29 is 5.11 Å². The van der Waals surface area contributed by atoms with Crippen molar-refractivity contribution in [3.63, 3.8) is 0 Å². The molecule has 20 heavy (non-hydrogen) atoms. The number of aryl methyl sites for hydroxylation is 1. The van der Waals surface area contributed by atoms with E-state index >= 15 is 0 Å². The van der Waals surface area contributed by atoms with E-state index in [4.69, 9.17) is 0 Å². The summed E-state index contributed by atoms with van der Waals surface area (Å²) in [6.07, 6.45) is 8.38. The summed E-state index contributed by atoms with van der Waals surface area (Å²) in [7, 11) is 0. The van der Waals surface area contributed by atoms with Gasteiger partial charge in [-0.25, -0.2) is 0 Å². The summed E-state index contributed by atoms with van der Waals surface area (Å²) in [5.41, 5.74) is 3.44. The van der Waals surface area contributed by atoms with Gasteiger partial charge >= 0.3 is 0 Å². The lowest BCUT2D eigenvalue weighted by atomic mass is 9.84. The molecule has 1 atom stereocenters. The molecule has 0 aromatic heterocycles.